The largest absolute Gasteiger partial charge is 0.346 e. The van der Waals surface area contributed by atoms with Crippen molar-refractivity contribution in [1.82, 2.24) is 24.7 Å². The summed E-state index contributed by atoms with van der Waals surface area (Å²) >= 11 is 1.76. The molecule has 6 nitrogen and oxygen atoms in total. The summed E-state index contributed by atoms with van der Waals surface area (Å²) in [6.45, 7) is 16.7. The Labute approximate surface area is 248 Å². The number of fused-ring (bicyclic) bond motifs is 1. The normalized spacial score (nSPS) is 17.1. The molecule has 2 fully saturated rings. The molecule has 3 aromatic heterocycles. The minimum absolute atomic E-state index is 0.263. The van der Waals surface area contributed by atoms with Crippen LogP contribution in [0.2, 0.25) is 0 Å². The van der Waals surface area contributed by atoms with Gasteiger partial charge in [-0.15, -0.1) is 11.3 Å². The SMILES string of the molecule is Cc1cc(C)cc(-c2[nH]c3sc(C(C)(C)C(=O)N4CCCC4)cc3c2CCN2CCN(Cc3cccnc3)CC2)c1. The van der Waals surface area contributed by atoms with E-state index in [1.165, 1.54) is 43.7 Å². The van der Waals surface area contributed by atoms with Crippen LogP contribution in [0.15, 0.2) is 48.8 Å². The zero-order valence-electron chi connectivity index (χ0n) is 25.0. The van der Waals surface area contributed by atoms with Gasteiger partial charge in [-0.05, 0) is 87.9 Å². The number of hydrogen-bond donors (Lipinski definition) is 1. The highest BCUT2D eigenvalue weighted by Gasteiger charge is 2.37. The van der Waals surface area contributed by atoms with Gasteiger partial charge >= 0.3 is 0 Å². The van der Waals surface area contributed by atoms with E-state index in [1.807, 2.05) is 18.5 Å². The fraction of sp³-hybridized carbons (Fsp3) is 0.471. The summed E-state index contributed by atoms with van der Waals surface area (Å²) in [7, 11) is 0. The predicted molar refractivity (Wildman–Crippen MR) is 170 cm³/mol. The predicted octanol–water partition coefficient (Wildman–Crippen LogP) is 6.17. The number of carbonyl (C=O) groups excluding carboxylic acids is 1. The molecule has 2 aliphatic heterocycles. The number of amides is 1. The Bertz CT molecular complexity index is 1490. The highest BCUT2D eigenvalue weighted by molar-refractivity contribution is 7.19. The highest BCUT2D eigenvalue weighted by atomic mass is 32.1. The number of thiophene rings is 1. The first-order valence-electron chi connectivity index (χ1n) is 15.1. The first-order chi connectivity index (χ1) is 19.8. The zero-order chi connectivity index (χ0) is 28.6. The van der Waals surface area contributed by atoms with Crippen molar-refractivity contribution in [2.75, 3.05) is 45.8 Å². The van der Waals surface area contributed by atoms with Crippen LogP contribution in [0, 0.1) is 13.8 Å². The van der Waals surface area contributed by atoms with Gasteiger partial charge in [0.05, 0.1) is 11.1 Å². The van der Waals surface area contributed by atoms with Crippen molar-refractivity contribution in [3.05, 3.63) is 75.9 Å². The third-order valence-electron chi connectivity index (χ3n) is 8.92. The number of nitrogens with one attached hydrogen (secondary N) is 1. The van der Waals surface area contributed by atoms with Gasteiger partial charge < -0.3 is 14.8 Å². The van der Waals surface area contributed by atoms with Gasteiger partial charge in [-0.25, -0.2) is 0 Å². The third kappa shape index (κ3) is 5.99. The Kier molecular flexibility index (Phi) is 8.03. The smallest absolute Gasteiger partial charge is 0.233 e. The molecule has 0 atom stereocenters. The average molecular weight is 570 g/mol. The molecular weight excluding hydrogens is 526 g/mol. The summed E-state index contributed by atoms with van der Waals surface area (Å²) in [5.74, 6) is 0.263. The van der Waals surface area contributed by atoms with Gasteiger partial charge in [0.25, 0.3) is 0 Å². The number of likely N-dealkylation sites (tertiary alicyclic amines) is 1. The lowest BCUT2D eigenvalue weighted by molar-refractivity contribution is -0.135. The van der Waals surface area contributed by atoms with E-state index in [9.17, 15) is 4.79 Å². The van der Waals surface area contributed by atoms with E-state index in [2.05, 4.69) is 82.7 Å². The molecule has 0 radical (unpaired) electrons. The van der Waals surface area contributed by atoms with Gasteiger partial charge in [0.15, 0.2) is 0 Å². The van der Waals surface area contributed by atoms with Gasteiger partial charge in [0.2, 0.25) is 5.91 Å². The summed E-state index contributed by atoms with van der Waals surface area (Å²) in [4.78, 5) is 31.1. The Hall–Kier alpha value is -3.00. The van der Waals surface area contributed by atoms with Crippen molar-refractivity contribution in [3.8, 4) is 11.3 Å². The second kappa shape index (κ2) is 11.7. The van der Waals surface area contributed by atoms with E-state index in [0.29, 0.717) is 0 Å². The molecule has 41 heavy (non-hydrogen) atoms. The summed E-state index contributed by atoms with van der Waals surface area (Å²) in [5, 5.41) is 1.29. The molecule has 0 spiro atoms. The summed E-state index contributed by atoms with van der Waals surface area (Å²) in [6, 6.07) is 13.3. The lowest BCUT2D eigenvalue weighted by Gasteiger charge is -2.34. The van der Waals surface area contributed by atoms with E-state index >= 15 is 0 Å². The summed E-state index contributed by atoms with van der Waals surface area (Å²) < 4.78 is 0. The number of carbonyl (C=O) groups is 1. The number of aryl methyl sites for hydroxylation is 2. The van der Waals surface area contributed by atoms with E-state index in [-0.39, 0.29) is 5.91 Å². The Morgan fingerprint density at radius 1 is 0.976 bits per heavy atom. The second-order valence-corrected chi connectivity index (χ2v) is 13.6. The van der Waals surface area contributed by atoms with Crippen LogP contribution in [-0.2, 0) is 23.2 Å². The average Bonchev–Trinajstić information content (AvgIpc) is 3.70. The van der Waals surface area contributed by atoms with Crippen molar-refractivity contribution >= 4 is 27.5 Å². The van der Waals surface area contributed by atoms with Crippen LogP contribution in [0.1, 0.15) is 53.8 Å². The van der Waals surface area contributed by atoms with Crippen molar-refractivity contribution < 1.29 is 4.79 Å². The molecule has 0 saturated carbocycles. The van der Waals surface area contributed by atoms with Crippen LogP contribution in [0.5, 0.6) is 0 Å². The standard InChI is InChI=1S/C34H43N5OS/c1-24-18-25(2)20-27(19-24)31-28(9-13-37-14-16-38(17-15-37)23-26-8-7-10-35-22-26)29-21-30(41-32(29)36-31)34(3,4)33(40)39-11-5-6-12-39/h7-8,10,18-22,36H,5-6,9,11-17,23H2,1-4H3. The number of nitrogens with zero attached hydrogens (tertiary/aromatic N) is 4. The number of hydrogen-bond acceptors (Lipinski definition) is 5. The van der Waals surface area contributed by atoms with Crippen molar-refractivity contribution in [3.63, 3.8) is 0 Å². The summed E-state index contributed by atoms with van der Waals surface area (Å²) in [6.07, 6.45) is 7.05. The number of rotatable bonds is 8. The monoisotopic (exact) mass is 569 g/mol. The van der Waals surface area contributed by atoms with E-state index in [1.54, 1.807) is 11.3 Å². The fourth-order valence-corrected chi connectivity index (χ4v) is 7.76. The lowest BCUT2D eigenvalue weighted by atomic mass is 9.89. The van der Waals surface area contributed by atoms with Gasteiger partial charge in [-0.2, -0.15) is 0 Å². The Balaban J connectivity index is 1.23. The van der Waals surface area contributed by atoms with E-state index in [4.69, 9.17) is 0 Å². The molecule has 1 amide bonds. The quantitative estimate of drug-likeness (QED) is 0.276. The highest BCUT2D eigenvalue weighted by Crippen LogP contribution is 2.41. The van der Waals surface area contributed by atoms with Gasteiger partial charge in [0, 0.05) is 75.0 Å². The molecule has 216 valence electrons. The third-order valence-corrected chi connectivity index (χ3v) is 10.3. The molecule has 6 rings (SSSR count). The molecule has 4 aromatic rings. The van der Waals surface area contributed by atoms with Crippen molar-refractivity contribution in [2.24, 2.45) is 0 Å². The van der Waals surface area contributed by atoms with E-state index in [0.717, 1.165) is 76.5 Å². The maximum atomic E-state index is 13.5. The van der Waals surface area contributed by atoms with Gasteiger partial charge in [-0.1, -0.05) is 23.3 Å². The number of aromatic nitrogens is 2. The molecule has 2 saturated heterocycles. The topological polar surface area (TPSA) is 55.5 Å². The molecule has 1 N–H and O–H groups in total. The molecule has 2 aliphatic rings. The lowest BCUT2D eigenvalue weighted by Crippen LogP contribution is -2.46. The number of piperazine rings is 1. The van der Waals surface area contributed by atoms with Crippen LogP contribution >= 0.6 is 11.3 Å². The van der Waals surface area contributed by atoms with Gasteiger partial charge in [-0.3, -0.25) is 14.7 Å². The molecule has 7 heteroatoms. The Morgan fingerprint density at radius 3 is 2.37 bits per heavy atom. The second-order valence-electron chi connectivity index (χ2n) is 12.6. The summed E-state index contributed by atoms with van der Waals surface area (Å²) in [5.41, 5.74) is 7.22. The molecule has 1 aromatic carbocycles. The molecule has 0 bridgehead atoms. The first kappa shape index (κ1) is 28.1. The number of H-pyrrole nitrogens is 1. The van der Waals surface area contributed by atoms with Crippen LogP contribution in [0.3, 0.4) is 0 Å². The molecule has 0 unspecified atom stereocenters. The molecule has 0 aliphatic carbocycles. The fourth-order valence-electron chi connectivity index (χ4n) is 6.58. The first-order valence-corrected chi connectivity index (χ1v) is 16.0. The van der Waals surface area contributed by atoms with Crippen LogP contribution in [0.25, 0.3) is 21.5 Å². The maximum Gasteiger partial charge on any atom is 0.233 e. The molecular formula is C34H43N5OS. The zero-order valence-corrected chi connectivity index (χ0v) is 25.8. The van der Waals surface area contributed by atoms with Gasteiger partial charge in [0.1, 0.15) is 4.83 Å². The van der Waals surface area contributed by atoms with Crippen LogP contribution in [-0.4, -0.2) is 76.4 Å². The van der Waals surface area contributed by atoms with Crippen LogP contribution in [0.4, 0.5) is 0 Å². The van der Waals surface area contributed by atoms with Crippen LogP contribution < -0.4 is 0 Å². The maximum absolute atomic E-state index is 13.5. The number of aromatic amines is 1. The number of pyridine rings is 1. The Morgan fingerprint density at radius 2 is 1.68 bits per heavy atom. The minimum Gasteiger partial charge on any atom is -0.346 e. The minimum atomic E-state index is -0.517. The number of benzene rings is 1. The van der Waals surface area contributed by atoms with E-state index < -0.39 is 5.41 Å². The van der Waals surface area contributed by atoms with Crippen molar-refractivity contribution in [2.45, 2.75) is 58.9 Å². The molecule has 5 heterocycles. The van der Waals surface area contributed by atoms with Crippen molar-refractivity contribution in [1.29, 1.82) is 0 Å².